The molecule has 0 atom stereocenters. The predicted octanol–water partition coefficient (Wildman–Crippen LogP) is 3.11. The van der Waals surface area contributed by atoms with E-state index in [0.717, 1.165) is 55.4 Å². The van der Waals surface area contributed by atoms with Crippen LogP contribution in [-0.2, 0) is 6.54 Å². The SMILES string of the molecule is COc1ccccc1-c1nc2c(C)cccn2c1CN1CCCNCC1. The van der Waals surface area contributed by atoms with Crippen molar-refractivity contribution in [2.75, 3.05) is 33.3 Å². The van der Waals surface area contributed by atoms with Crippen molar-refractivity contribution >= 4 is 5.65 Å². The Bertz CT molecular complexity index is 894. The first-order chi connectivity index (χ1) is 12.8. The van der Waals surface area contributed by atoms with E-state index in [1.807, 2.05) is 18.2 Å². The van der Waals surface area contributed by atoms with Gasteiger partial charge in [0.2, 0.25) is 0 Å². The number of benzene rings is 1. The molecule has 136 valence electrons. The molecule has 1 aromatic carbocycles. The van der Waals surface area contributed by atoms with Crippen LogP contribution >= 0.6 is 0 Å². The second-order valence-corrected chi connectivity index (χ2v) is 6.87. The molecule has 1 aliphatic heterocycles. The number of hydrogen-bond donors (Lipinski definition) is 1. The van der Waals surface area contributed by atoms with E-state index in [9.17, 15) is 0 Å². The van der Waals surface area contributed by atoms with Gasteiger partial charge in [0, 0.05) is 31.4 Å². The van der Waals surface area contributed by atoms with Gasteiger partial charge < -0.3 is 14.5 Å². The molecule has 1 aliphatic rings. The number of nitrogens with one attached hydrogen (secondary N) is 1. The highest BCUT2D eigenvalue weighted by Crippen LogP contribution is 2.33. The number of nitrogens with zero attached hydrogens (tertiary/aromatic N) is 3. The number of rotatable bonds is 4. The van der Waals surface area contributed by atoms with Crippen molar-refractivity contribution in [3.05, 3.63) is 53.9 Å². The van der Waals surface area contributed by atoms with Crippen molar-refractivity contribution < 1.29 is 4.74 Å². The van der Waals surface area contributed by atoms with Crippen molar-refractivity contribution in [3.8, 4) is 17.0 Å². The molecule has 4 rings (SSSR count). The number of hydrogen-bond acceptors (Lipinski definition) is 4. The number of aromatic nitrogens is 2. The van der Waals surface area contributed by atoms with Crippen LogP contribution < -0.4 is 10.1 Å². The minimum atomic E-state index is 0.868. The molecule has 3 aromatic rings. The highest BCUT2D eigenvalue weighted by atomic mass is 16.5. The summed E-state index contributed by atoms with van der Waals surface area (Å²) in [5.74, 6) is 0.868. The van der Waals surface area contributed by atoms with Crippen LogP contribution in [0.15, 0.2) is 42.6 Å². The van der Waals surface area contributed by atoms with Crippen LogP contribution in [0.5, 0.6) is 5.75 Å². The van der Waals surface area contributed by atoms with E-state index in [2.05, 4.69) is 45.9 Å². The molecule has 0 unspecified atom stereocenters. The zero-order valence-corrected chi connectivity index (χ0v) is 15.5. The second kappa shape index (κ2) is 7.48. The van der Waals surface area contributed by atoms with E-state index in [-0.39, 0.29) is 0 Å². The fraction of sp³-hybridized carbons (Fsp3) is 0.381. The second-order valence-electron chi connectivity index (χ2n) is 6.87. The van der Waals surface area contributed by atoms with Gasteiger partial charge >= 0.3 is 0 Å². The summed E-state index contributed by atoms with van der Waals surface area (Å²) in [6, 6.07) is 12.4. The van der Waals surface area contributed by atoms with Gasteiger partial charge in [-0.3, -0.25) is 4.90 Å². The Hall–Kier alpha value is -2.37. The molecule has 1 saturated heterocycles. The Kier molecular flexibility index (Phi) is 4.91. The Morgan fingerprint density at radius 1 is 1.12 bits per heavy atom. The van der Waals surface area contributed by atoms with E-state index < -0.39 is 0 Å². The quantitative estimate of drug-likeness (QED) is 0.785. The smallest absolute Gasteiger partial charge is 0.140 e. The lowest BCUT2D eigenvalue weighted by molar-refractivity contribution is 0.280. The molecule has 5 nitrogen and oxygen atoms in total. The number of fused-ring (bicyclic) bond motifs is 1. The third kappa shape index (κ3) is 3.20. The van der Waals surface area contributed by atoms with Gasteiger partial charge in [0.25, 0.3) is 0 Å². The maximum Gasteiger partial charge on any atom is 0.140 e. The number of para-hydroxylation sites is 1. The van der Waals surface area contributed by atoms with Crippen LogP contribution in [0.2, 0.25) is 0 Å². The summed E-state index contributed by atoms with van der Waals surface area (Å²) in [6.45, 7) is 7.32. The summed E-state index contributed by atoms with van der Waals surface area (Å²) < 4.78 is 7.86. The summed E-state index contributed by atoms with van der Waals surface area (Å²) in [5, 5.41) is 3.48. The van der Waals surface area contributed by atoms with Crippen molar-refractivity contribution in [1.29, 1.82) is 0 Å². The molecule has 0 aliphatic carbocycles. The Morgan fingerprint density at radius 2 is 2.00 bits per heavy atom. The van der Waals surface area contributed by atoms with E-state index >= 15 is 0 Å². The minimum Gasteiger partial charge on any atom is -0.496 e. The topological polar surface area (TPSA) is 41.8 Å². The summed E-state index contributed by atoms with van der Waals surface area (Å²) >= 11 is 0. The third-order valence-corrected chi connectivity index (χ3v) is 5.11. The summed E-state index contributed by atoms with van der Waals surface area (Å²) in [7, 11) is 1.72. The van der Waals surface area contributed by atoms with Gasteiger partial charge in [0.05, 0.1) is 18.5 Å². The molecule has 3 heterocycles. The molecule has 0 saturated carbocycles. The fourth-order valence-electron chi connectivity index (χ4n) is 3.73. The first kappa shape index (κ1) is 17.1. The molecule has 2 aromatic heterocycles. The van der Waals surface area contributed by atoms with Crippen molar-refractivity contribution in [2.24, 2.45) is 0 Å². The standard InChI is InChI=1S/C21H26N4O/c1-16-7-5-13-25-18(15-24-12-6-10-22-11-14-24)20(23-21(16)25)17-8-3-4-9-19(17)26-2/h3-5,7-9,13,22H,6,10-12,14-15H2,1-2H3. The van der Waals surface area contributed by atoms with Crippen LogP contribution in [-0.4, -0.2) is 47.6 Å². The van der Waals surface area contributed by atoms with Crippen LogP contribution in [0.4, 0.5) is 0 Å². The number of methoxy groups -OCH3 is 1. The zero-order valence-electron chi connectivity index (χ0n) is 15.5. The van der Waals surface area contributed by atoms with Crippen molar-refractivity contribution in [3.63, 3.8) is 0 Å². The minimum absolute atomic E-state index is 0.868. The molecule has 1 fully saturated rings. The van der Waals surface area contributed by atoms with Crippen LogP contribution in [0.3, 0.4) is 0 Å². The number of ether oxygens (including phenoxy) is 1. The highest BCUT2D eigenvalue weighted by molar-refractivity contribution is 5.73. The Balaban J connectivity index is 1.84. The van der Waals surface area contributed by atoms with E-state index in [1.54, 1.807) is 7.11 Å². The average molecular weight is 350 g/mol. The molecule has 0 radical (unpaired) electrons. The van der Waals surface area contributed by atoms with E-state index in [4.69, 9.17) is 9.72 Å². The van der Waals surface area contributed by atoms with Gasteiger partial charge in [-0.2, -0.15) is 0 Å². The van der Waals surface area contributed by atoms with Crippen LogP contribution in [0.25, 0.3) is 16.9 Å². The van der Waals surface area contributed by atoms with Crippen molar-refractivity contribution in [2.45, 2.75) is 19.9 Å². The van der Waals surface area contributed by atoms with Gasteiger partial charge in [-0.25, -0.2) is 4.98 Å². The molecule has 5 heteroatoms. The number of imidazole rings is 1. The zero-order chi connectivity index (χ0) is 17.9. The maximum atomic E-state index is 5.62. The molecular formula is C21H26N4O. The largest absolute Gasteiger partial charge is 0.496 e. The summed E-state index contributed by atoms with van der Waals surface area (Å²) in [6.07, 6.45) is 3.30. The maximum absolute atomic E-state index is 5.62. The highest BCUT2D eigenvalue weighted by Gasteiger charge is 2.20. The molecule has 0 amide bonds. The third-order valence-electron chi connectivity index (χ3n) is 5.11. The normalized spacial score (nSPS) is 15.9. The summed E-state index contributed by atoms with van der Waals surface area (Å²) in [5.41, 5.74) is 5.52. The molecule has 0 spiro atoms. The molecule has 0 bridgehead atoms. The molecular weight excluding hydrogens is 324 g/mol. The van der Waals surface area contributed by atoms with E-state index in [1.165, 1.54) is 17.7 Å². The van der Waals surface area contributed by atoms with Gasteiger partial charge in [-0.1, -0.05) is 18.2 Å². The Labute approximate surface area is 154 Å². The lowest BCUT2D eigenvalue weighted by Crippen LogP contribution is -2.28. The van der Waals surface area contributed by atoms with Gasteiger partial charge in [-0.15, -0.1) is 0 Å². The van der Waals surface area contributed by atoms with Crippen LogP contribution in [0.1, 0.15) is 17.7 Å². The molecule has 26 heavy (non-hydrogen) atoms. The number of aryl methyl sites for hydroxylation is 1. The van der Waals surface area contributed by atoms with E-state index in [0.29, 0.717) is 0 Å². The molecule has 1 N–H and O–H groups in total. The lowest BCUT2D eigenvalue weighted by Gasteiger charge is -2.20. The predicted molar refractivity (Wildman–Crippen MR) is 105 cm³/mol. The van der Waals surface area contributed by atoms with Crippen LogP contribution in [0, 0.1) is 6.92 Å². The van der Waals surface area contributed by atoms with Crippen molar-refractivity contribution in [1.82, 2.24) is 19.6 Å². The average Bonchev–Trinajstić information content (AvgIpc) is 2.85. The van der Waals surface area contributed by atoms with Gasteiger partial charge in [0.1, 0.15) is 11.4 Å². The van der Waals surface area contributed by atoms with Gasteiger partial charge in [0.15, 0.2) is 0 Å². The first-order valence-electron chi connectivity index (χ1n) is 9.31. The lowest BCUT2D eigenvalue weighted by atomic mass is 10.1. The Morgan fingerprint density at radius 3 is 2.88 bits per heavy atom. The first-order valence-corrected chi connectivity index (χ1v) is 9.31. The number of pyridine rings is 1. The fourth-order valence-corrected chi connectivity index (χ4v) is 3.73. The monoisotopic (exact) mass is 350 g/mol. The summed E-state index contributed by atoms with van der Waals surface area (Å²) in [4.78, 5) is 7.54. The van der Waals surface area contributed by atoms with Gasteiger partial charge in [-0.05, 0) is 50.2 Å².